The Morgan fingerprint density at radius 3 is 2.17 bits per heavy atom. The molecule has 0 saturated carbocycles. The Morgan fingerprint density at radius 2 is 1.62 bits per heavy atom. The second-order valence-corrected chi connectivity index (χ2v) is 13.2. The molecule has 3 rings (SSSR count). The fraction of sp³-hybridized carbons (Fsp3) is 0.514. The van der Waals surface area contributed by atoms with Gasteiger partial charge in [-0.2, -0.15) is 0 Å². The van der Waals surface area contributed by atoms with Crippen LogP contribution in [0, 0.1) is 5.92 Å². The van der Waals surface area contributed by atoms with E-state index in [-0.39, 0.29) is 29.4 Å². The van der Waals surface area contributed by atoms with Crippen LogP contribution in [0.4, 0.5) is 5.69 Å². The molecule has 0 spiro atoms. The lowest BCUT2D eigenvalue weighted by molar-refractivity contribution is 0.00571. The zero-order valence-corrected chi connectivity index (χ0v) is 26.9. The van der Waals surface area contributed by atoms with Crippen LogP contribution < -0.4 is 15.2 Å². The third kappa shape index (κ3) is 9.20. The summed E-state index contributed by atoms with van der Waals surface area (Å²) in [6.07, 6.45) is 2.41. The molecule has 0 fully saturated rings. The molecular formula is C35H49N3O4. The van der Waals surface area contributed by atoms with Gasteiger partial charge in [0.2, 0.25) is 5.75 Å². The van der Waals surface area contributed by atoms with Crippen LogP contribution in [0.2, 0.25) is 0 Å². The average molecular weight is 576 g/mol. The van der Waals surface area contributed by atoms with Crippen molar-refractivity contribution in [2.24, 2.45) is 5.92 Å². The molecule has 1 aromatic heterocycles. The smallest absolute Gasteiger partial charge is 0.361 e. The van der Waals surface area contributed by atoms with Gasteiger partial charge in [0.15, 0.2) is 5.69 Å². The maximum atomic E-state index is 13.2. The summed E-state index contributed by atoms with van der Waals surface area (Å²) >= 11 is 0. The molecule has 0 aliphatic heterocycles. The Bertz CT molecular complexity index is 1350. The van der Waals surface area contributed by atoms with Crippen LogP contribution in [0.1, 0.15) is 103 Å². The van der Waals surface area contributed by atoms with E-state index in [0.717, 1.165) is 24.9 Å². The van der Waals surface area contributed by atoms with Crippen LogP contribution in [0.25, 0.3) is 0 Å². The summed E-state index contributed by atoms with van der Waals surface area (Å²) in [5, 5.41) is 0. The minimum Gasteiger partial charge on any atom is -0.481 e. The minimum absolute atomic E-state index is 0.0898. The van der Waals surface area contributed by atoms with E-state index in [0.29, 0.717) is 18.3 Å². The normalized spacial score (nSPS) is 13.4. The van der Waals surface area contributed by atoms with Gasteiger partial charge in [0.25, 0.3) is 5.56 Å². The Morgan fingerprint density at radius 1 is 0.976 bits per heavy atom. The van der Waals surface area contributed by atoms with Crippen LogP contribution >= 0.6 is 0 Å². The van der Waals surface area contributed by atoms with Crippen molar-refractivity contribution in [2.75, 3.05) is 11.4 Å². The molecule has 2 unspecified atom stereocenters. The lowest BCUT2D eigenvalue weighted by Crippen LogP contribution is -2.36. The lowest BCUT2D eigenvalue weighted by Gasteiger charge is -2.34. The molecule has 0 saturated heterocycles. The summed E-state index contributed by atoms with van der Waals surface area (Å²) in [5.41, 5.74) is 2.20. The molecule has 0 aliphatic carbocycles. The first-order valence-corrected chi connectivity index (χ1v) is 15.1. The number of aromatic amines is 1. The molecule has 0 aliphatic rings. The van der Waals surface area contributed by atoms with Gasteiger partial charge >= 0.3 is 5.97 Å². The van der Waals surface area contributed by atoms with Gasteiger partial charge in [0.05, 0.1) is 0 Å². The number of hydrogen-bond donors (Lipinski definition) is 1. The zero-order chi connectivity index (χ0) is 31.1. The van der Waals surface area contributed by atoms with Crippen molar-refractivity contribution in [3.05, 3.63) is 87.6 Å². The van der Waals surface area contributed by atoms with Gasteiger partial charge in [-0.05, 0) is 75.1 Å². The van der Waals surface area contributed by atoms with E-state index in [9.17, 15) is 9.59 Å². The molecule has 7 heteroatoms. The molecule has 2 atom stereocenters. The summed E-state index contributed by atoms with van der Waals surface area (Å²) < 4.78 is 11.4. The summed E-state index contributed by atoms with van der Waals surface area (Å²) in [6, 6.07) is 18.7. The minimum atomic E-state index is -0.742. The monoisotopic (exact) mass is 575 g/mol. The molecule has 3 aromatic rings. The number of carbonyl (C=O) groups is 1. The van der Waals surface area contributed by atoms with Crippen molar-refractivity contribution in [2.45, 2.75) is 105 Å². The maximum absolute atomic E-state index is 13.2. The summed E-state index contributed by atoms with van der Waals surface area (Å²) in [6.45, 7) is 19.6. The quantitative estimate of drug-likeness (QED) is 0.226. The first-order valence-electron chi connectivity index (χ1n) is 15.1. The van der Waals surface area contributed by atoms with Gasteiger partial charge in [-0.3, -0.25) is 4.79 Å². The fourth-order valence-corrected chi connectivity index (χ4v) is 5.13. The van der Waals surface area contributed by atoms with Gasteiger partial charge in [-0.15, -0.1) is 0 Å². The number of ether oxygens (including phenoxy) is 2. The Hall–Kier alpha value is -3.61. The van der Waals surface area contributed by atoms with Crippen molar-refractivity contribution in [1.29, 1.82) is 0 Å². The fourth-order valence-electron chi connectivity index (χ4n) is 5.13. The van der Waals surface area contributed by atoms with Crippen LogP contribution in [-0.2, 0) is 23.2 Å². The van der Waals surface area contributed by atoms with Crippen molar-refractivity contribution < 1.29 is 14.3 Å². The SMILES string of the molecule is CCC(CC(C)Cc1nc(C(=O)OC(C)(C)C)c(OCc2ccccc2)c(=O)[nH]1)N(CC)c1ccc(C(C)(C)C)cc1. The van der Waals surface area contributed by atoms with Gasteiger partial charge < -0.3 is 19.4 Å². The van der Waals surface area contributed by atoms with E-state index >= 15 is 0 Å². The molecule has 1 heterocycles. The third-order valence-electron chi connectivity index (χ3n) is 7.28. The molecular weight excluding hydrogens is 526 g/mol. The highest BCUT2D eigenvalue weighted by Crippen LogP contribution is 2.28. The van der Waals surface area contributed by atoms with Gasteiger partial charge in [-0.25, -0.2) is 9.78 Å². The lowest BCUT2D eigenvalue weighted by atomic mass is 9.87. The number of H-pyrrole nitrogens is 1. The van der Waals surface area contributed by atoms with Gasteiger partial charge in [0.1, 0.15) is 18.0 Å². The molecule has 42 heavy (non-hydrogen) atoms. The largest absolute Gasteiger partial charge is 0.481 e. The number of rotatable bonds is 12. The molecule has 0 amide bonds. The predicted octanol–water partition coefficient (Wildman–Crippen LogP) is 7.48. The molecule has 2 aromatic carbocycles. The zero-order valence-electron chi connectivity index (χ0n) is 26.9. The molecule has 0 bridgehead atoms. The highest BCUT2D eigenvalue weighted by molar-refractivity contribution is 5.90. The molecule has 7 nitrogen and oxygen atoms in total. The molecule has 228 valence electrons. The summed E-state index contributed by atoms with van der Waals surface area (Å²) in [7, 11) is 0. The number of nitrogens with zero attached hydrogens (tertiary/aromatic N) is 2. The summed E-state index contributed by atoms with van der Waals surface area (Å²) in [5.74, 6) is -0.143. The van der Waals surface area contributed by atoms with E-state index in [2.05, 4.69) is 80.7 Å². The van der Waals surface area contributed by atoms with E-state index in [4.69, 9.17) is 9.47 Å². The highest BCUT2D eigenvalue weighted by atomic mass is 16.6. The predicted molar refractivity (Wildman–Crippen MR) is 171 cm³/mol. The van der Waals surface area contributed by atoms with Crippen LogP contribution in [0.5, 0.6) is 5.75 Å². The Labute approximate surface area is 251 Å². The van der Waals surface area contributed by atoms with Gasteiger partial charge in [0, 0.05) is 24.7 Å². The number of nitrogens with one attached hydrogen (secondary N) is 1. The van der Waals surface area contributed by atoms with Crippen LogP contribution in [0.3, 0.4) is 0 Å². The van der Waals surface area contributed by atoms with Crippen molar-refractivity contribution >= 4 is 11.7 Å². The Balaban J connectivity index is 1.82. The first kappa shape index (κ1) is 32.9. The standard InChI is InChI=1S/C35H49N3O4/c1-10-27(38(11-2)28-19-17-26(18-20-28)34(4,5)6)21-24(3)22-29-36-30(33(40)42-35(7,8)9)31(32(39)37-29)41-23-25-15-13-12-14-16-25/h12-20,24,27H,10-11,21-23H2,1-9H3,(H,36,37,39). The molecule has 1 N–H and O–H groups in total. The van der Waals surface area contributed by atoms with Gasteiger partial charge in [-0.1, -0.05) is 77.1 Å². The highest BCUT2D eigenvalue weighted by Gasteiger charge is 2.27. The third-order valence-corrected chi connectivity index (χ3v) is 7.28. The topological polar surface area (TPSA) is 84.5 Å². The van der Waals surface area contributed by atoms with Crippen molar-refractivity contribution in [3.63, 3.8) is 0 Å². The number of carbonyl (C=O) groups excluding carboxylic acids is 1. The number of anilines is 1. The number of hydrogen-bond acceptors (Lipinski definition) is 6. The number of benzene rings is 2. The van der Waals surface area contributed by atoms with Crippen molar-refractivity contribution in [1.82, 2.24) is 9.97 Å². The van der Waals surface area contributed by atoms with E-state index < -0.39 is 17.1 Å². The van der Waals surface area contributed by atoms with Crippen molar-refractivity contribution in [3.8, 4) is 5.75 Å². The van der Waals surface area contributed by atoms with Crippen LogP contribution in [0.15, 0.2) is 59.4 Å². The first-order chi connectivity index (χ1) is 19.7. The molecule has 0 radical (unpaired) electrons. The second kappa shape index (κ2) is 14.0. The van der Waals surface area contributed by atoms with E-state index in [1.54, 1.807) is 20.8 Å². The second-order valence-electron chi connectivity index (χ2n) is 13.2. The summed E-state index contributed by atoms with van der Waals surface area (Å²) in [4.78, 5) is 36.3. The average Bonchev–Trinajstić information content (AvgIpc) is 2.91. The van der Waals surface area contributed by atoms with E-state index in [1.807, 2.05) is 30.3 Å². The maximum Gasteiger partial charge on any atom is 0.361 e. The Kier molecular flexibility index (Phi) is 11.0. The van der Waals surface area contributed by atoms with E-state index in [1.165, 1.54) is 11.3 Å². The number of esters is 1. The van der Waals surface area contributed by atoms with Crippen LogP contribution in [-0.4, -0.2) is 34.1 Å². The number of aromatic nitrogens is 2.